The minimum atomic E-state index is -0.814. The molecular weight excluding hydrogens is 562 g/mol. The number of nitrogens with one attached hydrogen (secondary N) is 2. The summed E-state index contributed by atoms with van der Waals surface area (Å²) in [6.45, 7) is 14.3. The van der Waals surface area contributed by atoms with Gasteiger partial charge in [-0.25, -0.2) is 4.79 Å². The molecule has 1 fully saturated rings. The number of β-amino-alcohol motifs (C(OH)–C–C–N with tert-alkyl or cyclic N) is 1. The van der Waals surface area contributed by atoms with E-state index in [4.69, 9.17) is 4.74 Å². The summed E-state index contributed by atoms with van der Waals surface area (Å²) in [5.41, 5.74) is -0.131. The zero-order valence-corrected chi connectivity index (χ0v) is 28.5. The molecule has 0 saturated carbocycles. The molecule has 0 bridgehead atoms. The number of carbonyl (C=O) groups is 4. The van der Waals surface area contributed by atoms with Crippen LogP contribution < -0.4 is 10.6 Å². The van der Waals surface area contributed by atoms with Crippen LogP contribution >= 0.6 is 0 Å². The van der Waals surface area contributed by atoms with E-state index < -0.39 is 41.0 Å². The maximum absolute atomic E-state index is 14.1. The monoisotopic (exact) mass is 617 g/mol. The fraction of sp³-hybridized carbons (Fsp3) is 0.697. The van der Waals surface area contributed by atoms with Gasteiger partial charge in [0.15, 0.2) is 0 Å². The van der Waals surface area contributed by atoms with Crippen molar-refractivity contribution >= 4 is 23.7 Å². The number of likely N-dealkylation sites (tertiary alicyclic amines) is 1. The van der Waals surface area contributed by atoms with Gasteiger partial charge in [-0.2, -0.15) is 0 Å². The molecule has 2 rings (SSSR count). The van der Waals surface area contributed by atoms with Crippen LogP contribution in [0, 0.1) is 11.3 Å². The van der Waals surface area contributed by atoms with Crippen LogP contribution in [-0.2, 0) is 29.3 Å². The third kappa shape index (κ3) is 9.01. The van der Waals surface area contributed by atoms with Gasteiger partial charge >= 0.3 is 5.97 Å². The van der Waals surface area contributed by atoms with Gasteiger partial charge in [-0.1, -0.05) is 78.8 Å². The molecule has 5 atom stereocenters. The van der Waals surface area contributed by atoms with Crippen molar-refractivity contribution in [3.8, 4) is 0 Å². The summed E-state index contributed by atoms with van der Waals surface area (Å²) in [5.74, 6) is -1.29. The summed E-state index contributed by atoms with van der Waals surface area (Å²) in [7, 11) is 6.54. The topological polar surface area (TPSA) is 132 Å². The highest BCUT2D eigenvalue weighted by molar-refractivity contribution is 5.91. The van der Waals surface area contributed by atoms with Crippen molar-refractivity contribution < 1.29 is 29.0 Å². The first-order valence-electron chi connectivity index (χ1n) is 15.4. The van der Waals surface area contributed by atoms with Gasteiger partial charge in [0.1, 0.15) is 12.1 Å². The van der Waals surface area contributed by atoms with E-state index in [1.165, 1.54) is 12.0 Å². The Morgan fingerprint density at radius 1 is 1.05 bits per heavy atom. The molecule has 1 saturated heterocycles. The molecule has 248 valence electrons. The number of methoxy groups -OCH3 is 1. The number of likely N-dealkylation sites (N-methyl/N-ethyl adjacent to an activating group) is 3. The number of rotatable bonds is 13. The average molecular weight is 618 g/mol. The van der Waals surface area contributed by atoms with Crippen LogP contribution in [0.3, 0.4) is 0 Å². The Morgan fingerprint density at radius 2 is 1.64 bits per heavy atom. The Bertz CT molecular complexity index is 1140. The largest absolute Gasteiger partial charge is 0.467 e. The highest BCUT2D eigenvalue weighted by Crippen LogP contribution is 2.29. The molecule has 3 amide bonds. The molecule has 0 radical (unpaired) electrons. The fourth-order valence-electron chi connectivity index (χ4n) is 6.03. The molecule has 11 nitrogen and oxygen atoms in total. The number of aliphatic hydroxyl groups is 1. The number of hydrogen-bond acceptors (Lipinski definition) is 8. The summed E-state index contributed by atoms with van der Waals surface area (Å²) in [4.78, 5) is 58.1. The number of hydrogen-bond donors (Lipinski definition) is 3. The van der Waals surface area contributed by atoms with Gasteiger partial charge in [-0.05, 0) is 31.0 Å². The first-order valence-corrected chi connectivity index (χ1v) is 15.4. The molecule has 3 N–H and O–H groups in total. The SMILES string of the molecule is CNC(C(=O)N[C@H](C(=O)N(C)[C@H](CN(C)CC(=O)N1C[C@H](O)CC1C(=O)OC)C(C)C)C(C)(C)C)C(C)(C)c1ccccc1. The van der Waals surface area contributed by atoms with Crippen LogP contribution in [0.1, 0.15) is 60.5 Å². The van der Waals surface area contributed by atoms with Crippen LogP contribution in [0.2, 0.25) is 0 Å². The summed E-state index contributed by atoms with van der Waals surface area (Å²) < 4.78 is 4.83. The summed E-state index contributed by atoms with van der Waals surface area (Å²) in [5, 5.41) is 16.3. The summed E-state index contributed by atoms with van der Waals surface area (Å²) in [6.07, 6.45) is -0.643. The second-order valence-electron chi connectivity index (χ2n) is 14.0. The van der Waals surface area contributed by atoms with Gasteiger partial charge in [0.2, 0.25) is 17.7 Å². The van der Waals surface area contributed by atoms with Gasteiger partial charge < -0.3 is 30.3 Å². The standard InChI is InChI=1S/C33H55N5O6/c1-21(2)25(19-36(9)20-26(40)38-18-23(39)17-24(38)31(43)44-11)37(10)30(42)28(32(3,4)5)35-29(41)27(34-8)33(6,7)22-15-13-12-14-16-22/h12-16,21,23-25,27-28,34,39H,17-20H2,1-11H3,(H,35,41)/t23-,24?,25-,27?,28-/m1/s1. The van der Waals surface area contributed by atoms with E-state index in [0.717, 1.165) is 5.56 Å². The Kier molecular flexibility index (Phi) is 12.9. The van der Waals surface area contributed by atoms with E-state index in [1.807, 2.05) is 83.7 Å². The lowest BCUT2D eigenvalue weighted by Crippen LogP contribution is -2.62. The molecule has 44 heavy (non-hydrogen) atoms. The first kappa shape index (κ1) is 37.2. The van der Waals surface area contributed by atoms with Crippen molar-refractivity contribution in [2.75, 3.05) is 47.9 Å². The quantitative estimate of drug-likeness (QED) is 0.285. The van der Waals surface area contributed by atoms with E-state index in [9.17, 15) is 24.3 Å². The van der Waals surface area contributed by atoms with Crippen molar-refractivity contribution in [3.63, 3.8) is 0 Å². The number of esters is 1. The van der Waals surface area contributed by atoms with Gasteiger partial charge in [0.25, 0.3) is 0 Å². The van der Waals surface area contributed by atoms with Crippen molar-refractivity contribution in [1.82, 2.24) is 25.3 Å². The Hall–Kier alpha value is -3.02. The molecule has 1 heterocycles. The predicted molar refractivity (Wildman–Crippen MR) is 171 cm³/mol. The lowest BCUT2D eigenvalue weighted by atomic mass is 9.76. The molecule has 0 aliphatic carbocycles. The third-order valence-electron chi connectivity index (χ3n) is 8.78. The minimum Gasteiger partial charge on any atom is -0.467 e. The van der Waals surface area contributed by atoms with E-state index in [2.05, 4.69) is 10.6 Å². The predicted octanol–water partition coefficient (Wildman–Crippen LogP) is 1.63. The zero-order valence-electron chi connectivity index (χ0n) is 28.5. The van der Waals surface area contributed by atoms with E-state index in [1.54, 1.807) is 26.0 Å². The summed E-state index contributed by atoms with van der Waals surface area (Å²) >= 11 is 0. The maximum Gasteiger partial charge on any atom is 0.328 e. The molecule has 1 aliphatic rings. The number of amides is 3. The van der Waals surface area contributed by atoms with Crippen LogP contribution in [-0.4, -0.2) is 122 Å². The molecular formula is C33H55N5O6. The van der Waals surface area contributed by atoms with Gasteiger partial charge in [0, 0.05) is 38.0 Å². The van der Waals surface area contributed by atoms with Crippen molar-refractivity contribution in [1.29, 1.82) is 0 Å². The van der Waals surface area contributed by atoms with E-state index in [-0.39, 0.29) is 49.2 Å². The van der Waals surface area contributed by atoms with Gasteiger partial charge in [-0.15, -0.1) is 0 Å². The molecule has 1 aliphatic heterocycles. The van der Waals surface area contributed by atoms with Crippen LogP contribution in [0.4, 0.5) is 0 Å². The van der Waals surface area contributed by atoms with Gasteiger partial charge in [-0.3, -0.25) is 19.3 Å². The minimum absolute atomic E-state index is 0.00329. The van der Waals surface area contributed by atoms with Gasteiger partial charge in [0.05, 0.1) is 25.8 Å². The highest BCUT2D eigenvalue weighted by atomic mass is 16.5. The molecule has 11 heteroatoms. The van der Waals surface area contributed by atoms with Crippen LogP contribution in [0.5, 0.6) is 0 Å². The van der Waals surface area contributed by atoms with Crippen molar-refractivity contribution in [3.05, 3.63) is 35.9 Å². The highest BCUT2D eigenvalue weighted by Gasteiger charge is 2.43. The number of ether oxygens (including phenoxy) is 1. The van der Waals surface area contributed by atoms with Crippen molar-refractivity contribution in [2.45, 2.75) is 90.6 Å². The zero-order chi connectivity index (χ0) is 33.6. The second kappa shape index (κ2) is 15.3. The fourth-order valence-corrected chi connectivity index (χ4v) is 6.03. The molecule has 1 aromatic carbocycles. The van der Waals surface area contributed by atoms with Crippen molar-refractivity contribution in [2.24, 2.45) is 11.3 Å². The number of benzene rings is 1. The molecule has 0 spiro atoms. The first-order chi connectivity index (χ1) is 20.4. The normalized spacial score (nSPS) is 19.5. The molecule has 1 aromatic rings. The number of carbonyl (C=O) groups excluding carboxylic acids is 4. The van der Waals surface area contributed by atoms with E-state index >= 15 is 0 Å². The lowest BCUT2D eigenvalue weighted by Gasteiger charge is -2.41. The van der Waals surface area contributed by atoms with E-state index in [0.29, 0.717) is 6.54 Å². The smallest absolute Gasteiger partial charge is 0.328 e. The lowest BCUT2D eigenvalue weighted by molar-refractivity contribution is -0.151. The Labute approximate surface area is 263 Å². The van der Waals surface area contributed by atoms with Crippen LogP contribution in [0.25, 0.3) is 0 Å². The number of aliphatic hydroxyl groups excluding tert-OH is 1. The third-order valence-corrected chi connectivity index (χ3v) is 8.78. The maximum atomic E-state index is 14.1. The number of nitrogens with zero attached hydrogens (tertiary/aromatic N) is 3. The Balaban J connectivity index is 2.21. The Morgan fingerprint density at radius 3 is 2.14 bits per heavy atom. The average Bonchev–Trinajstić information content (AvgIpc) is 3.35. The summed E-state index contributed by atoms with van der Waals surface area (Å²) in [6, 6.07) is 7.33. The van der Waals surface area contributed by atoms with Crippen LogP contribution in [0.15, 0.2) is 30.3 Å². The molecule has 2 unspecified atom stereocenters. The molecule has 0 aromatic heterocycles. The second-order valence-corrected chi connectivity index (χ2v) is 14.0.